The Hall–Kier alpha value is -3.06. The van der Waals surface area contributed by atoms with E-state index in [1.54, 1.807) is 0 Å². The van der Waals surface area contributed by atoms with Crippen molar-refractivity contribution in [3.63, 3.8) is 0 Å². The highest BCUT2D eigenvalue weighted by atomic mass is 16.2. The highest BCUT2D eigenvalue weighted by Gasteiger charge is 2.39. The maximum atomic E-state index is 12.7. The van der Waals surface area contributed by atoms with Gasteiger partial charge in [-0.1, -0.05) is 55.8 Å². The van der Waals surface area contributed by atoms with Gasteiger partial charge in [0, 0.05) is 16.7 Å². The molecule has 0 spiro atoms. The quantitative estimate of drug-likeness (QED) is 0.766. The number of hydrogen-bond acceptors (Lipinski definition) is 2. The van der Waals surface area contributed by atoms with Gasteiger partial charge in [0.15, 0.2) is 0 Å². The molecule has 3 rings (SSSR count). The molecule has 1 aliphatic rings. The lowest BCUT2D eigenvalue weighted by Gasteiger charge is -2.38. The molecule has 1 aliphatic carbocycles. The van der Waals surface area contributed by atoms with Crippen molar-refractivity contribution in [3.8, 4) is 6.07 Å². The molecule has 0 saturated carbocycles. The predicted octanol–water partition coefficient (Wildman–Crippen LogP) is 5.41. The van der Waals surface area contributed by atoms with Crippen LogP contribution < -0.4 is 10.6 Å². The van der Waals surface area contributed by atoms with Crippen LogP contribution in [0.4, 0.5) is 10.5 Å². The number of nitriles is 1. The van der Waals surface area contributed by atoms with Gasteiger partial charge < -0.3 is 10.6 Å². The highest BCUT2D eigenvalue weighted by molar-refractivity contribution is 5.97. The molecule has 0 unspecified atom stereocenters. The second-order valence-corrected chi connectivity index (χ2v) is 7.13. The zero-order valence-electron chi connectivity index (χ0n) is 16.1. The molecule has 0 atom stereocenters. The standard InChI is InChI=1S/C23H25N3O/c1-4-23(5-2)14-17-8-6-7-9-19(17)21(20(23)15-24)26-22(27)25-18-12-10-16(3)11-13-18/h6-13H,4-5,14H2,1-3H3,(H2,25,26,27). The van der Waals surface area contributed by atoms with Crippen molar-refractivity contribution in [3.05, 3.63) is 70.8 Å². The number of carbonyl (C=O) groups excluding carboxylic acids is 1. The Bertz CT molecular complexity index is 915. The fraction of sp³-hybridized carbons (Fsp3) is 0.304. The van der Waals surface area contributed by atoms with Crippen LogP contribution in [-0.2, 0) is 6.42 Å². The molecule has 2 aromatic rings. The van der Waals surface area contributed by atoms with Gasteiger partial charge in [0.25, 0.3) is 0 Å². The van der Waals surface area contributed by atoms with E-state index < -0.39 is 0 Å². The number of nitrogens with one attached hydrogen (secondary N) is 2. The maximum absolute atomic E-state index is 12.7. The lowest BCUT2D eigenvalue weighted by molar-refractivity contribution is 0.255. The molecule has 2 aromatic carbocycles. The van der Waals surface area contributed by atoms with Gasteiger partial charge in [0.2, 0.25) is 0 Å². The normalized spacial score (nSPS) is 14.9. The van der Waals surface area contributed by atoms with Crippen LogP contribution in [0.1, 0.15) is 43.4 Å². The number of amides is 2. The van der Waals surface area contributed by atoms with E-state index in [0.717, 1.165) is 36.1 Å². The SMILES string of the molecule is CCC1(CC)Cc2ccccc2C(NC(=O)Nc2ccc(C)cc2)=C1C#N. The van der Waals surface area contributed by atoms with Gasteiger partial charge in [-0.2, -0.15) is 5.26 Å². The zero-order valence-corrected chi connectivity index (χ0v) is 16.1. The summed E-state index contributed by atoms with van der Waals surface area (Å²) in [7, 11) is 0. The first-order chi connectivity index (χ1) is 13.0. The Morgan fingerprint density at radius 1 is 1.07 bits per heavy atom. The summed E-state index contributed by atoms with van der Waals surface area (Å²) in [5.41, 5.74) is 5.02. The first kappa shape index (κ1) is 18.7. The predicted molar refractivity (Wildman–Crippen MR) is 109 cm³/mol. The Labute approximate surface area is 160 Å². The minimum absolute atomic E-state index is 0.241. The third-order valence-corrected chi connectivity index (χ3v) is 5.61. The van der Waals surface area contributed by atoms with Crippen molar-refractivity contribution < 1.29 is 4.79 Å². The number of benzene rings is 2. The van der Waals surface area contributed by atoms with Crippen molar-refractivity contribution in [2.75, 3.05) is 5.32 Å². The minimum atomic E-state index is -0.334. The molecule has 27 heavy (non-hydrogen) atoms. The third kappa shape index (κ3) is 3.59. The van der Waals surface area contributed by atoms with Crippen LogP contribution in [0.3, 0.4) is 0 Å². The van der Waals surface area contributed by atoms with Crippen molar-refractivity contribution in [1.82, 2.24) is 5.32 Å². The largest absolute Gasteiger partial charge is 0.323 e. The summed E-state index contributed by atoms with van der Waals surface area (Å²) in [6.45, 7) is 6.22. The maximum Gasteiger partial charge on any atom is 0.323 e. The van der Waals surface area contributed by atoms with E-state index in [9.17, 15) is 10.1 Å². The number of anilines is 1. The number of rotatable bonds is 4. The molecule has 0 bridgehead atoms. The summed E-state index contributed by atoms with van der Waals surface area (Å²) in [6.07, 6.45) is 2.53. The molecule has 138 valence electrons. The van der Waals surface area contributed by atoms with E-state index in [-0.39, 0.29) is 11.4 Å². The molecule has 0 heterocycles. The summed E-state index contributed by atoms with van der Waals surface area (Å²) < 4.78 is 0. The van der Waals surface area contributed by atoms with Crippen molar-refractivity contribution >= 4 is 17.4 Å². The van der Waals surface area contributed by atoms with Gasteiger partial charge in [-0.05, 0) is 43.9 Å². The van der Waals surface area contributed by atoms with Crippen molar-refractivity contribution in [1.29, 1.82) is 5.26 Å². The molecule has 4 nitrogen and oxygen atoms in total. The number of carbonyl (C=O) groups is 1. The van der Waals surface area contributed by atoms with Crippen LogP contribution in [0.25, 0.3) is 5.70 Å². The Morgan fingerprint density at radius 3 is 2.37 bits per heavy atom. The summed E-state index contributed by atoms with van der Waals surface area (Å²) in [6, 6.07) is 17.7. The summed E-state index contributed by atoms with van der Waals surface area (Å²) in [4.78, 5) is 12.7. The molecule has 0 aromatic heterocycles. The van der Waals surface area contributed by atoms with Gasteiger partial charge in [0.05, 0.1) is 17.3 Å². The second kappa shape index (κ2) is 7.67. The number of aryl methyl sites for hydroxylation is 1. The Kier molecular flexibility index (Phi) is 5.32. The van der Waals surface area contributed by atoms with Crippen molar-refractivity contribution in [2.45, 2.75) is 40.0 Å². The van der Waals surface area contributed by atoms with Gasteiger partial charge in [-0.3, -0.25) is 0 Å². The molecule has 2 N–H and O–H groups in total. The van der Waals surface area contributed by atoms with Crippen LogP contribution in [0, 0.1) is 23.7 Å². The Balaban J connectivity index is 1.98. The van der Waals surface area contributed by atoms with Crippen LogP contribution in [-0.4, -0.2) is 6.03 Å². The van der Waals surface area contributed by atoms with Gasteiger partial charge in [-0.25, -0.2) is 4.79 Å². The van der Waals surface area contributed by atoms with Crippen LogP contribution >= 0.6 is 0 Å². The Morgan fingerprint density at radius 2 is 1.74 bits per heavy atom. The first-order valence-electron chi connectivity index (χ1n) is 9.40. The van der Waals surface area contributed by atoms with Crippen LogP contribution in [0.2, 0.25) is 0 Å². The van der Waals surface area contributed by atoms with E-state index in [0.29, 0.717) is 11.3 Å². The smallest absolute Gasteiger partial charge is 0.308 e. The third-order valence-electron chi connectivity index (χ3n) is 5.61. The number of nitrogens with zero attached hydrogens (tertiary/aromatic N) is 1. The van der Waals surface area contributed by atoms with Gasteiger partial charge in [-0.15, -0.1) is 0 Å². The molecule has 4 heteroatoms. The number of hydrogen-bond donors (Lipinski definition) is 2. The van der Waals surface area contributed by atoms with Crippen molar-refractivity contribution in [2.24, 2.45) is 5.41 Å². The summed E-state index contributed by atoms with van der Waals surface area (Å²) in [5.74, 6) is 0. The molecule has 2 amide bonds. The molecular weight excluding hydrogens is 334 g/mol. The van der Waals surface area contributed by atoms with E-state index >= 15 is 0 Å². The minimum Gasteiger partial charge on any atom is -0.308 e. The molecule has 0 saturated heterocycles. The van der Waals surface area contributed by atoms with Gasteiger partial charge >= 0.3 is 6.03 Å². The lowest BCUT2D eigenvalue weighted by Crippen LogP contribution is -2.36. The average Bonchev–Trinajstić information content (AvgIpc) is 2.69. The zero-order chi connectivity index (χ0) is 19.4. The highest BCUT2D eigenvalue weighted by Crippen LogP contribution is 2.46. The van der Waals surface area contributed by atoms with E-state index in [1.165, 1.54) is 5.56 Å². The summed E-state index contributed by atoms with van der Waals surface area (Å²) >= 11 is 0. The summed E-state index contributed by atoms with van der Waals surface area (Å²) in [5, 5.41) is 15.8. The topological polar surface area (TPSA) is 64.9 Å². The monoisotopic (exact) mass is 359 g/mol. The molecule has 0 aliphatic heterocycles. The second-order valence-electron chi connectivity index (χ2n) is 7.13. The van der Waals surface area contributed by atoms with Crippen LogP contribution in [0.15, 0.2) is 54.1 Å². The van der Waals surface area contributed by atoms with E-state index in [4.69, 9.17) is 0 Å². The molecule has 0 radical (unpaired) electrons. The molecular formula is C23H25N3O. The van der Waals surface area contributed by atoms with Crippen LogP contribution in [0.5, 0.6) is 0 Å². The average molecular weight is 359 g/mol. The van der Waals surface area contributed by atoms with Gasteiger partial charge in [0.1, 0.15) is 0 Å². The van der Waals surface area contributed by atoms with E-state index in [2.05, 4.69) is 36.6 Å². The number of urea groups is 1. The lowest BCUT2D eigenvalue weighted by atomic mass is 9.66. The fourth-order valence-corrected chi connectivity index (χ4v) is 3.84. The number of fused-ring (bicyclic) bond motifs is 1. The van der Waals surface area contributed by atoms with E-state index in [1.807, 2.05) is 49.4 Å². The molecule has 0 fully saturated rings. The number of allylic oxidation sites excluding steroid dienone is 1. The first-order valence-corrected chi connectivity index (χ1v) is 9.40. The fourth-order valence-electron chi connectivity index (χ4n) is 3.84.